The van der Waals surface area contributed by atoms with Crippen LogP contribution in [-0.4, -0.2) is 56.4 Å². The van der Waals surface area contributed by atoms with Crippen molar-refractivity contribution in [1.82, 2.24) is 0 Å². The average Bonchev–Trinajstić information content (AvgIpc) is 2.85. The van der Waals surface area contributed by atoms with E-state index < -0.39 is 91.8 Å². The van der Waals surface area contributed by atoms with Gasteiger partial charge in [0.25, 0.3) is 0 Å². The molecule has 1 aliphatic rings. The fourth-order valence-electron chi connectivity index (χ4n) is 4.62. The van der Waals surface area contributed by atoms with Gasteiger partial charge in [-0.2, -0.15) is 22.0 Å². The number of rotatable bonds is 6. The van der Waals surface area contributed by atoms with Crippen molar-refractivity contribution in [2.24, 2.45) is 0 Å². The third kappa shape index (κ3) is 3.83. The zero-order valence-corrected chi connectivity index (χ0v) is 18.9. The van der Waals surface area contributed by atoms with Crippen LogP contribution in [0.1, 0.15) is 58.1 Å². The second-order valence-corrected chi connectivity index (χ2v) is 8.30. The molecule has 0 saturated heterocycles. The molecule has 0 saturated carbocycles. The summed E-state index contributed by atoms with van der Waals surface area (Å²) in [6, 6.07) is 6.59. The van der Waals surface area contributed by atoms with Crippen LogP contribution in [-0.2, 0) is 5.41 Å². The number of carboxylic acids is 4. The first-order valence-electron chi connectivity index (χ1n) is 10.5. The second-order valence-electron chi connectivity index (χ2n) is 8.30. The Morgan fingerprint density at radius 3 is 1.31 bits per heavy atom. The van der Waals surface area contributed by atoms with E-state index in [2.05, 4.69) is 0 Å². The number of fused-ring (bicyclic) bond motifs is 2. The topological polar surface area (TPSA) is 158 Å². The Morgan fingerprint density at radius 2 is 0.974 bits per heavy atom. The zero-order valence-electron chi connectivity index (χ0n) is 18.9. The SMILES string of the molecule is O=C(O)c1cc2c(cc1C(=O)O)C(c1ccccc1)(C(F)(F)C(F)(F)F)c1cc(C(=O)O)c(C(=O)O)cc1O2. The molecule has 4 rings (SSSR count). The van der Waals surface area contributed by atoms with E-state index in [1.807, 2.05) is 0 Å². The van der Waals surface area contributed by atoms with Crippen molar-refractivity contribution in [1.29, 1.82) is 0 Å². The van der Waals surface area contributed by atoms with Gasteiger partial charge in [0.05, 0.1) is 22.3 Å². The minimum absolute atomic E-state index is 0.294. The molecule has 1 heterocycles. The molecule has 0 atom stereocenters. The molecule has 14 heteroatoms. The van der Waals surface area contributed by atoms with Gasteiger partial charge >= 0.3 is 36.0 Å². The van der Waals surface area contributed by atoms with Crippen LogP contribution in [0.25, 0.3) is 0 Å². The maximum atomic E-state index is 16.0. The molecule has 1 aliphatic heterocycles. The molecule has 0 radical (unpaired) electrons. The van der Waals surface area contributed by atoms with E-state index in [0.29, 0.717) is 24.3 Å². The fraction of sp³-hybridized carbons (Fsp3) is 0.120. The lowest BCUT2D eigenvalue weighted by Crippen LogP contribution is -2.57. The summed E-state index contributed by atoms with van der Waals surface area (Å²) in [5.41, 5.74) is -11.2. The Balaban J connectivity index is 2.34. The van der Waals surface area contributed by atoms with E-state index in [0.717, 1.165) is 24.3 Å². The number of carbonyl (C=O) groups is 4. The molecule has 0 bridgehead atoms. The summed E-state index contributed by atoms with van der Waals surface area (Å²) in [5, 5.41) is 38.1. The molecule has 0 aromatic heterocycles. The zero-order chi connectivity index (χ0) is 29.1. The van der Waals surface area contributed by atoms with Crippen molar-refractivity contribution >= 4 is 23.9 Å². The lowest BCUT2D eigenvalue weighted by atomic mass is 9.62. The lowest BCUT2D eigenvalue weighted by molar-refractivity contribution is -0.299. The molecule has 0 aliphatic carbocycles. The average molecular weight is 552 g/mol. The lowest BCUT2D eigenvalue weighted by Gasteiger charge is -2.46. The first-order valence-corrected chi connectivity index (χ1v) is 10.5. The molecule has 0 unspecified atom stereocenters. The number of hydrogen-bond acceptors (Lipinski definition) is 5. The van der Waals surface area contributed by atoms with Crippen LogP contribution < -0.4 is 4.74 Å². The number of halogens is 5. The van der Waals surface area contributed by atoms with E-state index in [1.54, 1.807) is 0 Å². The molecule has 3 aromatic rings. The van der Waals surface area contributed by atoms with Gasteiger partial charge in [0.15, 0.2) is 0 Å². The number of alkyl halides is 5. The van der Waals surface area contributed by atoms with Crippen LogP contribution in [0.5, 0.6) is 11.5 Å². The van der Waals surface area contributed by atoms with Crippen LogP contribution >= 0.6 is 0 Å². The quantitative estimate of drug-likeness (QED) is 0.305. The van der Waals surface area contributed by atoms with Gasteiger partial charge in [0.2, 0.25) is 0 Å². The maximum Gasteiger partial charge on any atom is 0.454 e. The molecular formula is C25H13F5O9. The third-order valence-corrected chi connectivity index (χ3v) is 6.22. The highest BCUT2D eigenvalue weighted by molar-refractivity contribution is 6.04. The van der Waals surface area contributed by atoms with Gasteiger partial charge in [-0.3, -0.25) is 0 Å². The van der Waals surface area contributed by atoms with Crippen LogP contribution in [0.4, 0.5) is 22.0 Å². The molecule has 0 fully saturated rings. The van der Waals surface area contributed by atoms with Crippen molar-refractivity contribution < 1.29 is 66.3 Å². The van der Waals surface area contributed by atoms with E-state index >= 15 is 8.78 Å². The van der Waals surface area contributed by atoms with Gasteiger partial charge in [0.1, 0.15) is 16.9 Å². The van der Waals surface area contributed by atoms with E-state index in [4.69, 9.17) is 4.74 Å². The van der Waals surface area contributed by atoms with Crippen LogP contribution in [0, 0.1) is 0 Å². The van der Waals surface area contributed by atoms with E-state index in [9.17, 15) is 52.8 Å². The smallest absolute Gasteiger partial charge is 0.454 e. The van der Waals surface area contributed by atoms with Gasteiger partial charge < -0.3 is 25.2 Å². The number of aromatic carboxylic acids is 4. The van der Waals surface area contributed by atoms with Gasteiger partial charge in [-0.25, -0.2) is 19.2 Å². The molecule has 202 valence electrons. The molecule has 4 N–H and O–H groups in total. The van der Waals surface area contributed by atoms with Crippen LogP contribution in [0.3, 0.4) is 0 Å². The largest absolute Gasteiger partial charge is 0.478 e. The summed E-state index contributed by atoms with van der Waals surface area (Å²) in [4.78, 5) is 47.2. The molecule has 9 nitrogen and oxygen atoms in total. The number of ether oxygens (including phenoxy) is 1. The normalized spacial score (nSPS) is 14.0. The van der Waals surface area contributed by atoms with Gasteiger partial charge in [-0.05, 0) is 29.8 Å². The fourth-order valence-corrected chi connectivity index (χ4v) is 4.62. The standard InChI is InChI=1S/C25H13F5O9/c26-24(27,25(28,29)30)23(10-4-2-1-3-5-10)15-6-11(19(31)32)13(21(35)36)8-17(15)39-18-9-14(22(37)38)12(20(33)34)7-16(18)23/h1-9H,(H,31,32)(H,33,34)(H,35,36)(H,37,38). The Labute approximate surface area is 213 Å². The number of carboxylic acid groups (broad SMARTS) is 4. The van der Waals surface area contributed by atoms with Crippen molar-refractivity contribution in [2.75, 3.05) is 0 Å². The van der Waals surface area contributed by atoms with Crippen LogP contribution in [0.15, 0.2) is 54.6 Å². The predicted octanol–water partition coefficient (Wildman–Crippen LogP) is 5.12. The molecule has 39 heavy (non-hydrogen) atoms. The van der Waals surface area contributed by atoms with Gasteiger partial charge in [-0.15, -0.1) is 0 Å². The third-order valence-electron chi connectivity index (χ3n) is 6.22. The highest BCUT2D eigenvalue weighted by atomic mass is 19.4. The summed E-state index contributed by atoms with van der Waals surface area (Å²) in [6.07, 6.45) is -6.36. The molecule has 0 amide bonds. The predicted molar refractivity (Wildman–Crippen MR) is 118 cm³/mol. The van der Waals surface area contributed by atoms with Crippen molar-refractivity contribution in [3.63, 3.8) is 0 Å². The minimum atomic E-state index is -6.36. The first-order chi connectivity index (χ1) is 18.1. The Hall–Kier alpha value is -5.01. The van der Waals surface area contributed by atoms with Crippen LogP contribution in [0.2, 0.25) is 0 Å². The summed E-state index contributed by atoms with van der Waals surface area (Å²) in [6.45, 7) is 0. The van der Waals surface area contributed by atoms with E-state index in [1.165, 1.54) is 6.07 Å². The highest BCUT2D eigenvalue weighted by Crippen LogP contribution is 2.63. The second kappa shape index (κ2) is 8.79. The Bertz CT molecular complexity index is 1480. The number of benzene rings is 3. The Kier molecular flexibility index (Phi) is 6.09. The summed E-state index contributed by atoms with van der Waals surface area (Å²) >= 11 is 0. The van der Waals surface area contributed by atoms with Crippen molar-refractivity contribution in [2.45, 2.75) is 17.5 Å². The maximum absolute atomic E-state index is 16.0. The highest BCUT2D eigenvalue weighted by Gasteiger charge is 2.74. The van der Waals surface area contributed by atoms with Gasteiger partial charge in [-0.1, -0.05) is 30.3 Å². The Morgan fingerprint density at radius 1 is 0.615 bits per heavy atom. The molecular weight excluding hydrogens is 539 g/mol. The summed E-state index contributed by atoms with van der Waals surface area (Å²) < 4.78 is 80.2. The molecule has 3 aromatic carbocycles. The minimum Gasteiger partial charge on any atom is -0.478 e. The van der Waals surface area contributed by atoms with Crippen molar-refractivity contribution in [3.05, 3.63) is 93.5 Å². The first kappa shape index (κ1) is 27.0. The monoisotopic (exact) mass is 552 g/mol. The van der Waals surface area contributed by atoms with E-state index in [-0.39, 0.29) is 0 Å². The number of hydrogen-bond donors (Lipinski definition) is 4. The summed E-state index contributed by atoms with van der Waals surface area (Å²) in [5.74, 6) is -15.5. The summed E-state index contributed by atoms with van der Waals surface area (Å²) in [7, 11) is 0. The van der Waals surface area contributed by atoms with Gasteiger partial charge in [0, 0.05) is 11.1 Å². The van der Waals surface area contributed by atoms with Crippen molar-refractivity contribution in [3.8, 4) is 11.5 Å². The molecule has 0 spiro atoms.